The summed E-state index contributed by atoms with van der Waals surface area (Å²) in [5.74, 6) is -1.27. The minimum Gasteiger partial charge on any atom is -0.372 e. The molecular formula is C18H17Cl2N5O4. The van der Waals surface area contributed by atoms with E-state index < -0.39 is 23.2 Å². The topological polar surface area (TPSA) is 117 Å². The zero-order valence-electron chi connectivity index (χ0n) is 15.5. The molecule has 2 N–H and O–H groups in total. The van der Waals surface area contributed by atoms with Crippen LogP contribution in [0.2, 0.25) is 10.0 Å². The summed E-state index contributed by atoms with van der Waals surface area (Å²) in [6.45, 7) is 0. The predicted octanol–water partition coefficient (Wildman–Crippen LogP) is 3.45. The molecule has 29 heavy (non-hydrogen) atoms. The fourth-order valence-electron chi connectivity index (χ4n) is 2.30. The standard InChI is InChI=1S/C18H17Cl2N5O4/c1-24(2)14-7-6-11(8-15(14)25(28)29)10-21-23-17(27)9-16(26)22-13-5-3-4-12(19)18(13)20/h3-8,10H,9H2,1-2H3,(H,22,26)(H,23,27). The van der Waals surface area contributed by atoms with Crippen LogP contribution >= 0.6 is 23.2 Å². The van der Waals surface area contributed by atoms with Crippen LogP contribution in [0.1, 0.15) is 12.0 Å². The van der Waals surface area contributed by atoms with Crippen molar-refractivity contribution in [1.29, 1.82) is 0 Å². The molecule has 0 fully saturated rings. The maximum Gasteiger partial charge on any atom is 0.293 e. The van der Waals surface area contributed by atoms with Crippen LogP contribution < -0.4 is 15.6 Å². The number of nitro groups is 1. The van der Waals surface area contributed by atoms with Crippen molar-refractivity contribution in [3.05, 3.63) is 62.1 Å². The monoisotopic (exact) mass is 437 g/mol. The Morgan fingerprint density at radius 1 is 1.21 bits per heavy atom. The van der Waals surface area contributed by atoms with Crippen molar-refractivity contribution in [2.75, 3.05) is 24.3 Å². The molecule has 2 aromatic rings. The molecule has 2 amide bonds. The first-order valence-electron chi connectivity index (χ1n) is 8.20. The lowest BCUT2D eigenvalue weighted by molar-refractivity contribution is -0.384. The number of nitrogens with zero attached hydrogens (tertiary/aromatic N) is 3. The van der Waals surface area contributed by atoms with Crippen molar-refractivity contribution in [2.24, 2.45) is 5.10 Å². The maximum atomic E-state index is 11.9. The summed E-state index contributed by atoms with van der Waals surface area (Å²) >= 11 is 11.8. The second-order valence-corrected chi connectivity index (χ2v) is 6.80. The highest BCUT2D eigenvalue weighted by Crippen LogP contribution is 2.29. The van der Waals surface area contributed by atoms with E-state index in [1.54, 1.807) is 49.3 Å². The molecule has 152 valence electrons. The number of carbonyl (C=O) groups is 2. The Labute approximate surface area is 176 Å². The number of rotatable bonds is 7. The SMILES string of the molecule is CN(C)c1ccc(C=NNC(=O)CC(=O)Nc2cccc(Cl)c2Cl)cc1[N+](=O)[O-]. The van der Waals surface area contributed by atoms with Crippen molar-refractivity contribution < 1.29 is 14.5 Å². The van der Waals surface area contributed by atoms with Gasteiger partial charge in [0, 0.05) is 25.7 Å². The van der Waals surface area contributed by atoms with Crippen molar-refractivity contribution in [1.82, 2.24) is 5.43 Å². The molecule has 9 nitrogen and oxygen atoms in total. The van der Waals surface area contributed by atoms with Gasteiger partial charge in [-0.1, -0.05) is 35.3 Å². The van der Waals surface area contributed by atoms with Crippen molar-refractivity contribution >= 4 is 58.3 Å². The van der Waals surface area contributed by atoms with E-state index in [0.29, 0.717) is 11.3 Å². The zero-order valence-corrected chi connectivity index (χ0v) is 17.0. The first kappa shape index (κ1) is 22.1. The minimum atomic E-state index is -0.670. The first-order chi connectivity index (χ1) is 13.7. The molecule has 0 aliphatic carbocycles. The van der Waals surface area contributed by atoms with Gasteiger partial charge in [0.05, 0.1) is 26.9 Å². The van der Waals surface area contributed by atoms with Crippen LogP contribution in [0, 0.1) is 10.1 Å². The second-order valence-electron chi connectivity index (χ2n) is 6.02. The number of anilines is 2. The summed E-state index contributed by atoms with van der Waals surface area (Å²) in [6, 6.07) is 9.24. The number of amides is 2. The van der Waals surface area contributed by atoms with Gasteiger partial charge in [0.2, 0.25) is 11.8 Å². The van der Waals surface area contributed by atoms with Crippen molar-refractivity contribution in [3.8, 4) is 0 Å². The third-order valence-electron chi connectivity index (χ3n) is 3.63. The van der Waals surface area contributed by atoms with Crippen LogP contribution in [0.25, 0.3) is 0 Å². The van der Waals surface area contributed by atoms with Gasteiger partial charge in [0.25, 0.3) is 5.69 Å². The van der Waals surface area contributed by atoms with Gasteiger partial charge < -0.3 is 10.2 Å². The molecule has 2 rings (SSSR count). The number of nitro benzene ring substituents is 1. The highest BCUT2D eigenvalue weighted by Gasteiger charge is 2.16. The van der Waals surface area contributed by atoms with Crippen LogP contribution in [0.15, 0.2) is 41.5 Å². The highest BCUT2D eigenvalue weighted by molar-refractivity contribution is 6.44. The number of hydrogen-bond donors (Lipinski definition) is 2. The minimum absolute atomic E-state index is 0.0944. The molecule has 0 aliphatic rings. The Morgan fingerprint density at radius 3 is 2.59 bits per heavy atom. The van der Waals surface area contributed by atoms with Crippen molar-refractivity contribution in [3.63, 3.8) is 0 Å². The zero-order chi connectivity index (χ0) is 21.6. The van der Waals surface area contributed by atoms with Gasteiger partial charge in [-0.25, -0.2) is 5.43 Å². The molecule has 0 heterocycles. The van der Waals surface area contributed by atoms with Gasteiger partial charge in [0.1, 0.15) is 12.1 Å². The summed E-state index contributed by atoms with van der Waals surface area (Å²) in [6.07, 6.45) is 0.746. The molecule has 0 radical (unpaired) electrons. The van der Waals surface area contributed by atoms with E-state index in [2.05, 4.69) is 15.8 Å². The van der Waals surface area contributed by atoms with E-state index in [0.717, 1.165) is 0 Å². The lowest BCUT2D eigenvalue weighted by atomic mass is 10.2. The molecule has 11 heteroatoms. The molecule has 0 saturated heterocycles. The summed E-state index contributed by atoms with van der Waals surface area (Å²) in [4.78, 5) is 36.1. The molecule has 0 spiro atoms. The number of hydrazone groups is 1. The molecule has 0 atom stereocenters. The summed E-state index contributed by atoms with van der Waals surface area (Å²) in [5.41, 5.74) is 3.23. The fourth-order valence-corrected chi connectivity index (χ4v) is 2.65. The van der Waals surface area contributed by atoms with Gasteiger partial charge in [-0.15, -0.1) is 0 Å². The molecular weight excluding hydrogens is 421 g/mol. The average molecular weight is 438 g/mol. The first-order valence-corrected chi connectivity index (χ1v) is 8.96. The third-order valence-corrected chi connectivity index (χ3v) is 4.45. The molecule has 2 aromatic carbocycles. The predicted molar refractivity (Wildman–Crippen MR) is 113 cm³/mol. The Morgan fingerprint density at radius 2 is 1.93 bits per heavy atom. The number of benzene rings is 2. The Bertz CT molecular complexity index is 979. The lowest BCUT2D eigenvalue weighted by Crippen LogP contribution is -2.24. The quantitative estimate of drug-likeness (QED) is 0.297. The molecule has 0 aromatic heterocycles. The van der Waals surface area contributed by atoms with E-state index in [1.165, 1.54) is 12.3 Å². The molecule has 0 saturated carbocycles. The third kappa shape index (κ3) is 6.16. The number of halogens is 2. The average Bonchev–Trinajstić information content (AvgIpc) is 2.65. The Hall–Kier alpha value is -3.17. The van der Waals surface area contributed by atoms with Gasteiger partial charge >= 0.3 is 0 Å². The van der Waals surface area contributed by atoms with E-state index >= 15 is 0 Å². The molecule has 0 aliphatic heterocycles. The normalized spacial score (nSPS) is 10.6. The van der Waals surface area contributed by atoms with Crippen LogP contribution in [-0.2, 0) is 9.59 Å². The van der Waals surface area contributed by atoms with Crippen molar-refractivity contribution in [2.45, 2.75) is 6.42 Å². The highest BCUT2D eigenvalue weighted by atomic mass is 35.5. The van der Waals surface area contributed by atoms with Crippen LogP contribution in [0.3, 0.4) is 0 Å². The van der Waals surface area contributed by atoms with E-state index in [9.17, 15) is 19.7 Å². The fraction of sp³-hybridized carbons (Fsp3) is 0.167. The van der Waals surface area contributed by atoms with Crippen LogP contribution in [0.4, 0.5) is 17.1 Å². The van der Waals surface area contributed by atoms with Gasteiger partial charge in [-0.3, -0.25) is 19.7 Å². The Balaban J connectivity index is 1.95. The lowest BCUT2D eigenvalue weighted by Gasteiger charge is -2.12. The number of carbonyl (C=O) groups excluding carboxylic acids is 2. The smallest absolute Gasteiger partial charge is 0.293 e. The maximum absolute atomic E-state index is 11.9. The van der Waals surface area contributed by atoms with Gasteiger partial charge in [-0.05, 0) is 18.2 Å². The second kappa shape index (κ2) is 9.85. The van der Waals surface area contributed by atoms with Crippen LogP contribution in [-0.4, -0.2) is 37.0 Å². The van der Waals surface area contributed by atoms with Crippen LogP contribution in [0.5, 0.6) is 0 Å². The van der Waals surface area contributed by atoms with E-state index in [-0.39, 0.29) is 21.4 Å². The number of nitrogens with one attached hydrogen (secondary N) is 2. The van der Waals surface area contributed by atoms with E-state index in [1.807, 2.05) is 0 Å². The van der Waals surface area contributed by atoms with E-state index in [4.69, 9.17) is 23.2 Å². The Kier molecular flexibility index (Phi) is 7.52. The number of hydrogen-bond acceptors (Lipinski definition) is 6. The molecule has 0 unspecified atom stereocenters. The summed E-state index contributed by atoms with van der Waals surface area (Å²) in [5, 5.41) is 17.8. The van der Waals surface area contributed by atoms with Gasteiger partial charge in [-0.2, -0.15) is 5.10 Å². The largest absolute Gasteiger partial charge is 0.372 e. The summed E-state index contributed by atoms with van der Waals surface area (Å²) in [7, 11) is 3.38. The summed E-state index contributed by atoms with van der Waals surface area (Å²) < 4.78 is 0. The van der Waals surface area contributed by atoms with Gasteiger partial charge in [0.15, 0.2) is 0 Å². The molecule has 0 bridgehead atoms.